The van der Waals surface area contributed by atoms with Crippen molar-refractivity contribution in [2.24, 2.45) is 0 Å². The van der Waals surface area contributed by atoms with E-state index in [0.717, 1.165) is 19.4 Å². The standard InChI is InChI=1S/C14H21NO/c1-11-5-7-12(8-6-11)10-14(2,16)13-4-3-9-15-13/h5-8,13,15-16H,3-4,9-10H2,1-2H3. The number of aryl methyl sites for hydroxylation is 1. The van der Waals surface area contributed by atoms with Gasteiger partial charge in [0.2, 0.25) is 0 Å². The molecule has 1 aliphatic heterocycles. The average molecular weight is 219 g/mol. The monoisotopic (exact) mass is 219 g/mol. The summed E-state index contributed by atoms with van der Waals surface area (Å²) in [4.78, 5) is 0. The first-order valence-corrected chi connectivity index (χ1v) is 6.09. The highest BCUT2D eigenvalue weighted by Crippen LogP contribution is 2.23. The molecule has 1 aromatic rings. The van der Waals surface area contributed by atoms with Crippen LogP contribution < -0.4 is 5.32 Å². The predicted octanol–water partition coefficient (Wildman–Crippen LogP) is 2.04. The van der Waals surface area contributed by atoms with Gasteiger partial charge in [-0.2, -0.15) is 0 Å². The maximum absolute atomic E-state index is 10.5. The van der Waals surface area contributed by atoms with E-state index in [0.29, 0.717) is 0 Å². The summed E-state index contributed by atoms with van der Waals surface area (Å²) >= 11 is 0. The van der Waals surface area contributed by atoms with Gasteiger partial charge in [0.05, 0.1) is 5.60 Å². The molecule has 2 N–H and O–H groups in total. The Bertz CT molecular complexity index is 336. The van der Waals surface area contributed by atoms with Gasteiger partial charge in [0.25, 0.3) is 0 Å². The third kappa shape index (κ3) is 2.63. The molecular formula is C14H21NO. The van der Waals surface area contributed by atoms with Gasteiger partial charge in [-0.25, -0.2) is 0 Å². The van der Waals surface area contributed by atoms with E-state index < -0.39 is 5.60 Å². The van der Waals surface area contributed by atoms with Crippen LogP contribution in [0.1, 0.15) is 30.9 Å². The maximum Gasteiger partial charge on any atom is 0.0812 e. The second-order valence-electron chi connectivity index (χ2n) is 5.17. The van der Waals surface area contributed by atoms with Crippen molar-refractivity contribution in [3.63, 3.8) is 0 Å². The van der Waals surface area contributed by atoms with Crippen molar-refractivity contribution in [3.8, 4) is 0 Å². The number of rotatable bonds is 3. The topological polar surface area (TPSA) is 32.3 Å². The molecule has 0 aromatic heterocycles. The minimum atomic E-state index is -0.633. The molecule has 1 heterocycles. The van der Waals surface area contributed by atoms with Crippen LogP contribution in [-0.2, 0) is 6.42 Å². The van der Waals surface area contributed by atoms with Crippen molar-refractivity contribution in [1.29, 1.82) is 0 Å². The molecule has 1 saturated heterocycles. The molecule has 2 unspecified atom stereocenters. The lowest BCUT2D eigenvalue weighted by Gasteiger charge is -2.30. The van der Waals surface area contributed by atoms with Crippen LogP contribution >= 0.6 is 0 Å². The Balaban J connectivity index is 2.04. The molecule has 1 fully saturated rings. The Morgan fingerprint density at radius 3 is 2.62 bits per heavy atom. The number of hydrogen-bond donors (Lipinski definition) is 2. The molecule has 2 atom stereocenters. The molecule has 0 aliphatic carbocycles. The summed E-state index contributed by atoms with van der Waals surface area (Å²) in [5.41, 5.74) is 1.85. The molecular weight excluding hydrogens is 198 g/mol. The van der Waals surface area contributed by atoms with Crippen LogP contribution in [0.25, 0.3) is 0 Å². The summed E-state index contributed by atoms with van der Waals surface area (Å²) in [7, 11) is 0. The Morgan fingerprint density at radius 1 is 1.38 bits per heavy atom. The zero-order valence-electron chi connectivity index (χ0n) is 10.2. The van der Waals surface area contributed by atoms with Crippen LogP contribution in [0.3, 0.4) is 0 Å². The van der Waals surface area contributed by atoms with Crippen molar-refractivity contribution in [1.82, 2.24) is 5.32 Å². The predicted molar refractivity (Wildman–Crippen MR) is 66.5 cm³/mol. The molecule has 2 heteroatoms. The zero-order chi connectivity index (χ0) is 11.6. The van der Waals surface area contributed by atoms with Gasteiger partial charge in [-0.15, -0.1) is 0 Å². The van der Waals surface area contributed by atoms with Gasteiger partial charge < -0.3 is 10.4 Å². The number of nitrogens with one attached hydrogen (secondary N) is 1. The van der Waals surface area contributed by atoms with Crippen molar-refractivity contribution >= 4 is 0 Å². The van der Waals surface area contributed by atoms with Crippen LogP contribution in [0.2, 0.25) is 0 Å². The summed E-state index contributed by atoms with van der Waals surface area (Å²) in [5, 5.41) is 13.9. The van der Waals surface area contributed by atoms with Crippen molar-refractivity contribution in [2.45, 2.75) is 44.8 Å². The minimum Gasteiger partial charge on any atom is -0.388 e. The van der Waals surface area contributed by atoms with E-state index in [2.05, 4.69) is 36.5 Å². The molecule has 0 saturated carbocycles. The van der Waals surface area contributed by atoms with Gasteiger partial charge in [-0.3, -0.25) is 0 Å². The molecule has 0 spiro atoms. The fourth-order valence-electron chi connectivity index (χ4n) is 2.46. The minimum absolute atomic E-state index is 0.244. The van der Waals surface area contributed by atoms with Crippen LogP contribution in [0.5, 0.6) is 0 Å². The first kappa shape index (κ1) is 11.6. The molecule has 1 aromatic carbocycles. The van der Waals surface area contributed by atoms with E-state index >= 15 is 0 Å². The van der Waals surface area contributed by atoms with Crippen LogP contribution in [0, 0.1) is 6.92 Å². The zero-order valence-corrected chi connectivity index (χ0v) is 10.2. The molecule has 2 rings (SSSR count). The number of benzene rings is 1. The molecule has 16 heavy (non-hydrogen) atoms. The molecule has 2 nitrogen and oxygen atoms in total. The second kappa shape index (κ2) is 4.56. The SMILES string of the molecule is Cc1ccc(CC(C)(O)C2CCCN2)cc1. The molecule has 0 amide bonds. The quantitative estimate of drug-likeness (QED) is 0.815. The fourth-order valence-corrected chi connectivity index (χ4v) is 2.46. The van der Waals surface area contributed by atoms with E-state index in [1.165, 1.54) is 17.5 Å². The van der Waals surface area contributed by atoms with Gasteiger partial charge in [0.1, 0.15) is 0 Å². The van der Waals surface area contributed by atoms with E-state index in [1.807, 2.05) is 6.92 Å². The molecule has 1 aliphatic rings. The van der Waals surface area contributed by atoms with Gasteiger partial charge in [0, 0.05) is 12.5 Å². The summed E-state index contributed by atoms with van der Waals surface area (Å²) in [6, 6.07) is 8.67. The van der Waals surface area contributed by atoms with Gasteiger partial charge in [0.15, 0.2) is 0 Å². The lowest BCUT2D eigenvalue weighted by molar-refractivity contribution is 0.0262. The third-order valence-electron chi connectivity index (χ3n) is 3.49. The first-order valence-electron chi connectivity index (χ1n) is 6.09. The molecule has 88 valence electrons. The second-order valence-corrected chi connectivity index (χ2v) is 5.17. The van der Waals surface area contributed by atoms with E-state index in [9.17, 15) is 5.11 Å². The van der Waals surface area contributed by atoms with Gasteiger partial charge >= 0.3 is 0 Å². The summed E-state index contributed by atoms with van der Waals surface area (Å²) in [6.45, 7) is 5.06. The Kier molecular flexibility index (Phi) is 3.31. The van der Waals surface area contributed by atoms with Crippen LogP contribution in [0.15, 0.2) is 24.3 Å². The fraction of sp³-hybridized carbons (Fsp3) is 0.571. The van der Waals surface area contributed by atoms with Crippen molar-refractivity contribution in [3.05, 3.63) is 35.4 Å². The van der Waals surface area contributed by atoms with Crippen LogP contribution in [-0.4, -0.2) is 23.3 Å². The number of hydrogen-bond acceptors (Lipinski definition) is 2. The average Bonchev–Trinajstić information content (AvgIpc) is 2.75. The highest BCUT2D eigenvalue weighted by molar-refractivity contribution is 5.23. The highest BCUT2D eigenvalue weighted by Gasteiger charge is 2.33. The smallest absolute Gasteiger partial charge is 0.0812 e. The van der Waals surface area contributed by atoms with E-state index in [1.54, 1.807) is 0 Å². The highest BCUT2D eigenvalue weighted by atomic mass is 16.3. The maximum atomic E-state index is 10.5. The normalized spacial score (nSPS) is 24.3. The largest absolute Gasteiger partial charge is 0.388 e. The van der Waals surface area contributed by atoms with Gasteiger partial charge in [-0.1, -0.05) is 29.8 Å². The van der Waals surface area contributed by atoms with E-state index in [4.69, 9.17) is 0 Å². The Hall–Kier alpha value is -0.860. The Morgan fingerprint density at radius 2 is 2.06 bits per heavy atom. The molecule has 0 radical (unpaired) electrons. The summed E-state index contributed by atoms with van der Waals surface area (Å²) < 4.78 is 0. The third-order valence-corrected chi connectivity index (χ3v) is 3.49. The van der Waals surface area contributed by atoms with E-state index in [-0.39, 0.29) is 6.04 Å². The summed E-state index contributed by atoms with van der Waals surface area (Å²) in [5.74, 6) is 0. The lowest BCUT2D eigenvalue weighted by atomic mass is 9.88. The van der Waals surface area contributed by atoms with Crippen molar-refractivity contribution in [2.75, 3.05) is 6.54 Å². The number of aliphatic hydroxyl groups is 1. The Labute approximate surface area is 97.7 Å². The molecule has 0 bridgehead atoms. The van der Waals surface area contributed by atoms with Crippen molar-refractivity contribution < 1.29 is 5.11 Å². The van der Waals surface area contributed by atoms with Crippen LogP contribution in [0.4, 0.5) is 0 Å². The summed E-state index contributed by atoms with van der Waals surface area (Å²) in [6.07, 6.45) is 2.98. The first-order chi connectivity index (χ1) is 7.58. The lowest BCUT2D eigenvalue weighted by Crippen LogP contribution is -2.46. The van der Waals surface area contributed by atoms with Gasteiger partial charge in [-0.05, 0) is 38.8 Å².